The molecule has 1 amide bonds. The molecule has 0 spiro atoms. The molecule has 0 radical (unpaired) electrons. The molecule has 1 aromatic carbocycles. The van der Waals surface area contributed by atoms with Gasteiger partial charge in [-0.25, -0.2) is 8.78 Å². The lowest BCUT2D eigenvalue weighted by atomic mass is 9.82. The minimum absolute atomic E-state index is 0.000224. The lowest BCUT2D eigenvalue weighted by molar-refractivity contribution is -0.143. The van der Waals surface area contributed by atoms with Gasteiger partial charge in [-0.3, -0.25) is 9.48 Å². The molecule has 1 N–H and O–H groups in total. The summed E-state index contributed by atoms with van der Waals surface area (Å²) >= 11 is 0. The Morgan fingerprint density at radius 3 is 2.29 bits per heavy atom. The van der Waals surface area contributed by atoms with Gasteiger partial charge >= 0.3 is 6.18 Å². The van der Waals surface area contributed by atoms with Gasteiger partial charge < -0.3 is 5.32 Å². The molecule has 6 nitrogen and oxygen atoms in total. The Bertz CT molecular complexity index is 1060. The molecule has 162 valence electrons. The second-order valence-corrected chi connectivity index (χ2v) is 7.43. The maximum atomic E-state index is 13.9. The number of benzene rings is 1. The predicted octanol–water partition coefficient (Wildman–Crippen LogP) is 4.34. The van der Waals surface area contributed by atoms with Crippen LogP contribution < -0.4 is 5.32 Å². The highest BCUT2D eigenvalue weighted by molar-refractivity contribution is 5.95. The van der Waals surface area contributed by atoms with Crippen molar-refractivity contribution in [2.45, 2.75) is 37.3 Å². The van der Waals surface area contributed by atoms with Crippen LogP contribution in [0.3, 0.4) is 0 Å². The molecule has 0 bridgehead atoms. The molecular weight excluding hydrogens is 421 g/mol. The van der Waals surface area contributed by atoms with E-state index < -0.39 is 48.4 Å². The Kier molecular flexibility index (Phi) is 5.72. The molecule has 0 aliphatic heterocycles. The Morgan fingerprint density at radius 2 is 1.84 bits per heavy atom. The Hall–Kier alpha value is -3.47. The van der Waals surface area contributed by atoms with Crippen LogP contribution in [0.15, 0.2) is 24.3 Å². The van der Waals surface area contributed by atoms with Gasteiger partial charge in [0.05, 0.1) is 29.2 Å². The van der Waals surface area contributed by atoms with Crippen LogP contribution in [0.5, 0.6) is 0 Å². The number of nitriles is 2. The number of hydrogen-bond acceptors (Lipinski definition) is 4. The van der Waals surface area contributed by atoms with Gasteiger partial charge in [0.2, 0.25) is 11.8 Å². The normalized spacial score (nSPS) is 18.8. The van der Waals surface area contributed by atoms with Gasteiger partial charge in [-0.15, -0.1) is 0 Å². The number of nitrogens with one attached hydrogen (secondary N) is 1. The average Bonchev–Trinajstić information content (AvgIpc) is 3.22. The number of aromatic nitrogens is 2. The van der Waals surface area contributed by atoms with E-state index in [9.17, 15) is 37.3 Å². The second-order valence-electron chi connectivity index (χ2n) is 7.43. The topological polar surface area (TPSA) is 94.5 Å². The fraction of sp³-hybridized carbons (Fsp3) is 0.400. The minimum Gasteiger partial charge on any atom is -0.309 e. The molecule has 1 aliphatic carbocycles. The van der Waals surface area contributed by atoms with Crippen molar-refractivity contribution >= 4 is 11.7 Å². The molecule has 1 aliphatic rings. The number of carbonyl (C=O) groups is 1. The van der Waals surface area contributed by atoms with E-state index >= 15 is 0 Å². The molecule has 0 saturated heterocycles. The maximum Gasteiger partial charge on any atom is 0.433 e. The highest BCUT2D eigenvalue weighted by Gasteiger charge is 2.45. The number of aryl methyl sites for hydroxylation is 1. The first kappa shape index (κ1) is 22.2. The van der Waals surface area contributed by atoms with Gasteiger partial charge in [-0.1, -0.05) is 0 Å². The van der Waals surface area contributed by atoms with Crippen LogP contribution in [0.1, 0.15) is 47.6 Å². The minimum atomic E-state index is -4.69. The van der Waals surface area contributed by atoms with Crippen molar-refractivity contribution in [1.29, 1.82) is 10.5 Å². The number of hydrogen-bond donors (Lipinski definition) is 1. The highest BCUT2D eigenvalue weighted by Crippen LogP contribution is 2.46. The zero-order chi connectivity index (χ0) is 23.0. The van der Waals surface area contributed by atoms with Gasteiger partial charge in [-0.05, 0) is 36.1 Å². The standard InChI is InChI=1S/C20H16F5N5O/c1-30-15(20(23,24)25)7-16(29-30)28-18(31)17(13-2-3-19(21,22)8-13)14-5-11(9-26)4-12(6-14)10-27/h4-7,13,17H,2-3,8H2,1H3,(H,28,29,31)/t13-,17+/m1/s1. The van der Waals surface area contributed by atoms with Gasteiger partial charge in [0.1, 0.15) is 5.69 Å². The van der Waals surface area contributed by atoms with Crippen molar-refractivity contribution in [2.24, 2.45) is 13.0 Å². The number of alkyl halides is 5. The summed E-state index contributed by atoms with van der Waals surface area (Å²) in [5, 5.41) is 24.3. The van der Waals surface area contributed by atoms with Crippen molar-refractivity contribution in [1.82, 2.24) is 9.78 Å². The molecule has 1 saturated carbocycles. The molecule has 31 heavy (non-hydrogen) atoms. The van der Waals surface area contributed by atoms with Crippen LogP contribution in [0.25, 0.3) is 0 Å². The van der Waals surface area contributed by atoms with Crippen LogP contribution in [0.2, 0.25) is 0 Å². The number of anilines is 1. The summed E-state index contributed by atoms with van der Waals surface area (Å²) in [4.78, 5) is 13.0. The second kappa shape index (κ2) is 7.99. The molecule has 2 atom stereocenters. The van der Waals surface area contributed by atoms with Crippen molar-refractivity contribution < 1.29 is 26.7 Å². The molecular formula is C20H16F5N5O. The Morgan fingerprint density at radius 1 is 1.23 bits per heavy atom. The fourth-order valence-corrected chi connectivity index (χ4v) is 3.86. The van der Waals surface area contributed by atoms with E-state index in [1.54, 1.807) is 0 Å². The van der Waals surface area contributed by atoms with Gasteiger partial charge in [0.25, 0.3) is 0 Å². The first-order valence-corrected chi connectivity index (χ1v) is 9.18. The van der Waals surface area contributed by atoms with Crippen LogP contribution >= 0.6 is 0 Å². The van der Waals surface area contributed by atoms with Crippen molar-refractivity contribution in [2.75, 3.05) is 5.32 Å². The molecule has 2 aromatic rings. The molecule has 11 heteroatoms. The molecule has 1 fully saturated rings. The van der Waals surface area contributed by atoms with E-state index in [0.29, 0.717) is 10.7 Å². The van der Waals surface area contributed by atoms with E-state index in [1.165, 1.54) is 18.2 Å². The summed E-state index contributed by atoms with van der Waals surface area (Å²) in [6, 6.07) is 8.27. The zero-order valence-electron chi connectivity index (χ0n) is 16.2. The quantitative estimate of drug-likeness (QED) is 0.720. The van der Waals surface area contributed by atoms with Crippen LogP contribution in [-0.4, -0.2) is 21.6 Å². The van der Waals surface area contributed by atoms with E-state index in [0.717, 1.165) is 7.05 Å². The smallest absolute Gasteiger partial charge is 0.309 e. The SMILES string of the molecule is Cn1nc(NC(=O)[C@H](c2cc(C#N)cc(C#N)c2)[C@@H]2CCC(F)(F)C2)cc1C(F)(F)F. The van der Waals surface area contributed by atoms with Crippen molar-refractivity contribution in [3.8, 4) is 12.1 Å². The zero-order valence-corrected chi connectivity index (χ0v) is 16.2. The highest BCUT2D eigenvalue weighted by atomic mass is 19.4. The monoisotopic (exact) mass is 437 g/mol. The molecule has 1 aromatic heterocycles. The van der Waals surface area contributed by atoms with Gasteiger partial charge in [0, 0.05) is 26.0 Å². The fourth-order valence-electron chi connectivity index (χ4n) is 3.86. The molecule has 0 unspecified atom stereocenters. The lowest BCUT2D eigenvalue weighted by Gasteiger charge is -2.23. The Labute approximate surface area is 173 Å². The number of nitrogens with zero attached hydrogens (tertiary/aromatic N) is 4. The molecule has 3 rings (SSSR count). The van der Waals surface area contributed by atoms with Crippen molar-refractivity contribution in [3.05, 3.63) is 46.6 Å². The first-order valence-electron chi connectivity index (χ1n) is 9.18. The maximum absolute atomic E-state index is 13.9. The summed E-state index contributed by atoms with van der Waals surface area (Å²) in [5.41, 5.74) is -0.796. The van der Waals surface area contributed by atoms with E-state index in [1.807, 2.05) is 12.1 Å². The number of rotatable bonds is 4. The average molecular weight is 437 g/mol. The van der Waals surface area contributed by atoms with E-state index in [2.05, 4.69) is 10.4 Å². The third kappa shape index (κ3) is 4.82. The summed E-state index contributed by atoms with van der Waals surface area (Å²) in [7, 11) is 1.06. The summed E-state index contributed by atoms with van der Waals surface area (Å²) in [5.74, 6) is -6.24. The Balaban J connectivity index is 1.99. The van der Waals surface area contributed by atoms with Gasteiger partial charge in [0.15, 0.2) is 5.82 Å². The van der Waals surface area contributed by atoms with E-state index in [-0.39, 0.29) is 28.9 Å². The van der Waals surface area contributed by atoms with Crippen molar-refractivity contribution in [3.63, 3.8) is 0 Å². The van der Waals surface area contributed by atoms with Gasteiger partial charge in [-0.2, -0.15) is 28.8 Å². The lowest BCUT2D eigenvalue weighted by Crippen LogP contribution is -2.28. The summed E-state index contributed by atoms with van der Waals surface area (Å²) in [6.07, 6.45) is -5.73. The predicted molar refractivity (Wildman–Crippen MR) is 97.7 cm³/mol. The number of amides is 1. The number of halogens is 5. The summed E-state index contributed by atoms with van der Waals surface area (Å²) in [6.45, 7) is 0. The molecule has 1 heterocycles. The van der Waals surface area contributed by atoms with Crippen LogP contribution in [0.4, 0.5) is 27.8 Å². The third-order valence-electron chi connectivity index (χ3n) is 5.19. The largest absolute Gasteiger partial charge is 0.433 e. The third-order valence-corrected chi connectivity index (χ3v) is 5.19. The van der Waals surface area contributed by atoms with Crippen LogP contribution in [0, 0.1) is 28.6 Å². The first-order chi connectivity index (χ1) is 14.4. The van der Waals surface area contributed by atoms with E-state index in [4.69, 9.17) is 0 Å². The van der Waals surface area contributed by atoms with Crippen LogP contribution in [-0.2, 0) is 18.0 Å². The summed E-state index contributed by atoms with van der Waals surface area (Å²) < 4.78 is 67.3. The number of carbonyl (C=O) groups excluding carboxylic acids is 1.